The van der Waals surface area contributed by atoms with E-state index in [1.807, 2.05) is 24.3 Å². The van der Waals surface area contributed by atoms with Crippen LogP contribution in [0.25, 0.3) is 0 Å². The summed E-state index contributed by atoms with van der Waals surface area (Å²) in [6.07, 6.45) is 31.6. The molecule has 0 aromatic heterocycles. The van der Waals surface area contributed by atoms with Gasteiger partial charge in [0.25, 0.3) is 0 Å². The first-order chi connectivity index (χ1) is 29.4. The molecule has 61 heavy (non-hydrogen) atoms. The Hall–Kier alpha value is -2.45. The Labute approximate surface area is 366 Å². The van der Waals surface area contributed by atoms with Crippen LogP contribution in [0.1, 0.15) is 168 Å². The van der Waals surface area contributed by atoms with Crippen LogP contribution in [-0.2, 0) is 32.7 Å². The Balaban J connectivity index is 2.54. The molecule has 0 aromatic rings. The van der Waals surface area contributed by atoms with Gasteiger partial charge in [-0.05, 0) is 57.8 Å². The molecular formula is C47H81O13P. The monoisotopic (exact) mass is 885 g/mol. The van der Waals surface area contributed by atoms with Gasteiger partial charge in [0.1, 0.15) is 43.2 Å². The number of aliphatic hydroxyl groups excluding tert-OH is 5. The second-order valence-electron chi connectivity index (χ2n) is 15.9. The maximum Gasteiger partial charge on any atom is 0.472 e. The van der Waals surface area contributed by atoms with E-state index in [2.05, 4.69) is 50.3 Å². The molecule has 0 radical (unpaired) electrons. The Morgan fingerprint density at radius 3 is 1.39 bits per heavy atom. The summed E-state index contributed by atoms with van der Waals surface area (Å²) in [6, 6.07) is 0. The molecule has 0 aromatic carbocycles. The van der Waals surface area contributed by atoms with Crippen molar-refractivity contribution in [3.63, 3.8) is 0 Å². The number of hydrogen-bond acceptors (Lipinski definition) is 12. The average molecular weight is 885 g/mol. The Morgan fingerprint density at radius 2 is 0.885 bits per heavy atom. The van der Waals surface area contributed by atoms with Crippen LogP contribution in [0.5, 0.6) is 0 Å². The predicted octanol–water partition coefficient (Wildman–Crippen LogP) is 8.94. The summed E-state index contributed by atoms with van der Waals surface area (Å²) in [5.41, 5.74) is 0. The van der Waals surface area contributed by atoms with Gasteiger partial charge >= 0.3 is 19.8 Å². The zero-order chi connectivity index (χ0) is 45.0. The number of carbonyl (C=O) groups excluding carboxylic acids is 2. The highest BCUT2D eigenvalue weighted by Crippen LogP contribution is 2.47. The lowest BCUT2D eigenvalue weighted by Gasteiger charge is -2.41. The van der Waals surface area contributed by atoms with E-state index < -0.39 is 75.7 Å². The summed E-state index contributed by atoms with van der Waals surface area (Å²) in [4.78, 5) is 35.6. The molecule has 0 bridgehead atoms. The van der Waals surface area contributed by atoms with Gasteiger partial charge in [0.05, 0.1) is 6.61 Å². The number of phosphoric ester groups is 1. The van der Waals surface area contributed by atoms with Crippen LogP contribution >= 0.6 is 7.82 Å². The summed E-state index contributed by atoms with van der Waals surface area (Å²) in [5.74, 6) is -1.25. The van der Waals surface area contributed by atoms with E-state index >= 15 is 0 Å². The number of aliphatic hydroxyl groups is 5. The van der Waals surface area contributed by atoms with Crippen LogP contribution in [0.4, 0.5) is 0 Å². The minimum Gasteiger partial charge on any atom is -0.462 e. The highest BCUT2D eigenvalue weighted by atomic mass is 31.2. The lowest BCUT2D eigenvalue weighted by Crippen LogP contribution is -2.64. The molecular weight excluding hydrogens is 803 g/mol. The zero-order valence-electron chi connectivity index (χ0n) is 37.2. The lowest BCUT2D eigenvalue weighted by molar-refractivity contribution is -0.220. The fraction of sp³-hybridized carbons (Fsp3) is 0.745. The molecule has 6 atom stereocenters. The van der Waals surface area contributed by atoms with Crippen molar-refractivity contribution in [2.75, 3.05) is 13.2 Å². The fourth-order valence-corrected chi connectivity index (χ4v) is 7.58. The zero-order valence-corrected chi connectivity index (χ0v) is 38.1. The number of carbonyl (C=O) groups is 2. The standard InChI is InChI=1S/C47H81O13P/c1-3-5-7-9-11-13-15-17-19-20-22-24-26-28-30-32-34-36-41(49)59-39(38-58-61(55,56)60-47-45(53)43(51)42(50)44(52)46(47)54)37-57-40(48)35-33-31-29-27-25-23-21-18-16-14-12-10-8-6-4-2/h13,15,19-20,24,26,29-32,39,42-47,50-54H,3-12,14,16-18,21-23,25,27-28,33-38H2,1-2H3,(H,55,56). The maximum absolute atomic E-state index is 12.8. The van der Waals surface area contributed by atoms with Crippen LogP contribution in [-0.4, -0.2) is 98.3 Å². The van der Waals surface area contributed by atoms with E-state index in [4.69, 9.17) is 18.5 Å². The molecule has 0 amide bonds. The Bertz CT molecular complexity index is 1300. The van der Waals surface area contributed by atoms with Crippen molar-refractivity contribution in [2.24, 2.45) is 0 Å². The quantitative estimate of drug-likeness (QED) is 0.0149. The molecule has 1 saturated carbocycles. The van der Waals surface area contributed by atoms with Gasteiger partial charge in [-0.1, -0.05) is 158 Å². The number of phosphoric acid groups is 1. The molecule has 14 heteroatoms. The highest BCUT2D eigenvalue weighted by Gasteiger charge is 2.51. The third-order valence-corrected chi connectivity index (χ3v) is 11.3. The third kappa shape index (κ3) is 29.5. The molecule has 1 aliphatic carbocycles. The normalized spacial score (nSPS) is 22.6. The molecule has 352 valence electrons. The van der Waals surface area contributed by atoms with Crippen LogP contribution in [0.15, 0.2) is 60.8 Å². The summed E-state index contributed by atoms with van der Waals surface area (Å²) >= 11 is 0. The van der Waals surface area contributed by atoms with Crippen LogP contribution < -0.4 is 0 Å². The van der Waals surface area contributed by atoms with Gasteiger partial charge in [0.2, 0.25) is 0 Å². The van der Waals surface area contributed by atoms with E-state index in [0.717, 1.165) is 32.1 Å². The van der Waals surface area contributed by atoms with Gasteiger partial charge in [-0.25, -0.2) is 4.57 Å². The van der Waals surface area contributed by atoms with Crippen molar-refractivity contribution < 1.29 is 63.1 Å². The van der Waals surface area contributed by atoms with E-state index in [0.29, 0.717) is 19.3 Å². The number of unbranched alkanes of at least 4 members (excludes halogenated alkanes) is 15. The number of esters is 2. The molecule has 0 heterocycles. The minimum atomic E-state index is -5.14. The van der Waals surface area contributed by atoms with Crippen molar-refractivity contribution in [1.82, 2.24) is 0 Å². The highest BCUT2D eigenvalue weighted by molar-refractivity contribution is 7.47. The number of allylic oxidation sites excluding steroid dienone is 10. The number of rotatable bonds is 37. The van der Waals surface area contributed by atoms with Gasteiger partial charge in [0, 0.05) is 12.8 Å². The van der Waals surface area contributed by atoms with Gasteiger partial charge in [-0.15, -0.1) is 0 Å². The first-order valence-corrected chi connectivity index (χ1v) is 24.6. The van der Waals surface area contributed by atoms with Crippen molar-refractivity contribution in [2.45, 2.75) is 211 Å². The van der Waals surface area contributed by atoms with E-state index in [1.165, 1.54) is 89.9 Å². The smallest absolute Gasteiger partial charge is 0.462 e. The molecule has 0 spiro atoms. The van der Waals surface area contributed by atoms with Gasteiger partial charge in [-0.3, -0.25) is 18.6 Å². The van der Waals surface area contributed by atoms with Crippen LogP contribution in [0.3, 0.4) is 0 Å². The SMILES string of the molecule is CCCCCCC=CCC=CCC=CCC=CCCC(=O)OC(COC(=O)CCC=CCCCCCCCCCCCCC)COP(=O)(O)OC1C(O)C(O)C(O)C(O)C1O. The van der Waals surface area contributed by atoms with Crippen molar-refractivity contribution in [3.05, 3.63) is 60.8 Å². The fourth-order valence-electron chi connectivity index (χ4n) is 6.60. The molecule has 1 aliphatic rings. The van der Waals surface area contributed by atoms with Crippen molar-refractivity contribution in [1.29, 1.82) is 0 Å². The van der Waals surface area contributed by atoms with Crippen LogP contribution in [0.2, 0.25) is 0 Å². The minimum absolute atomic E-state index is 0.0325. The molecule has 0 aliphatic heterocycles. The molecule has 13 nitrogen and oxygen atoms in total. The predicted molar refractivity (Wildman–Crippen MR) is 239 cm³/mol. The first-order valence-electron chi connectivity index (χ1n) is 23.1. The average Bonchev–Trinajstić information content (AvgIpc) is 3.24. The summed E-state index contributed by atoms with van der Waals surface area (Å²) in [5, 5.41) is 50.1. The van der Waals surface area contributed by atoms with E-state index in [1.54, 1.807) is 0 Å². The van der Waals surface area contributed by atoms with Crippen molar-refractivity contribution in [3.8, 4) is 0 Å². The third-order valence-electron chi connectivity index (χ3n) is 10.4. The topological polar surface area (TPSA) is 210 Å². The number of ether oxygens (including phenoxy) is 2. The molecule has 6 N–H and O–H groups in total. The number of hydrogen-bond donors (Lipinski definition) is 6. The maximum atomic E-state index is 12.8. The summed E-state index contributed by atoms with van der Waals surface area (Å²) in [7, 11) is -5.14. The molecule has 1 fully saturated rings. The van der Waals surface area contributed by atoms with Gasteiger partial charge in [0.15, 0.2) is 6.10 Å². The molecule has 1 rings (SSSR count). The van der Waals surface area contributed by atoms with E-state index in [-0.39, 0.29) is 12.8 Å². The lowest BCUT2D eigenvalue weighted by atomic mass is 9.85. The summed E-state index contributed by atoms with van der Waals surface area (Å²) in [6.45, 7) is 3.18. The largest absolute Gasteiger partial charge is 0.472 e. The van der Waals surface area contributed by atoms with E-state index in [9.17, 15) is 44.6 Å². The van der Waals surface area contributed by atoms with Crippen LogP contribution in [0, 0.1) is 0 Å². The second-order valence-corrected chi connectivity index (χ2v) is 17.3. The summed E-state index contributed by atoms with van der Waals surface area (Å²) < 4.78 is 33.4. The first kappa shape index (κ1) is 56.6. The molecule has 0 saturated heterocycles. The van der Waals surface area contributed by atoms with Gasteiger partial charge < -0.3 is 39.9 Å². The molecule has 6 unspecified atom stereocenters. The Kier molecular flexibility index (Phi) is 34.3. The van der Waals surface area contributed by atoms with Gasteiger partial charge in [-0.2, -0.15) is 0 Å². The van der Waals surface area contributed by atoms with Crippen molar-refractivity contribution >= 4 is 19.8 Å². The Morgan fingerprint density at radius 1 is 0.508 bits per heavy atom. The second kappa shape index (κ2) is 37.0.